The topological polar surface area (TPSA) is 86.0 Å². The fourth-order valence-electron chi connectivity index (χ4n) is 3.56. The van der Waals surface area contributed by atoms with E-state index in [4.69, 9.17) is 0 Å². The highest BCUT2D eigenvalue weighted by Gasteiger charge is 2.15. The van der Waals surface area contributed by atoms with Crippen LogP contribution in [0.5, 0.6) is 0 Å². The first-order chi connectivity index (χ1) is 12.0. The smallest absolute Gasteiger partial charge is 0.332 e. The highest BCUT2D eigenvalue weighted by molar-refractivity contribution is 5.94. The molecule has 1 aliphatic carbocycles. The first-order valence-corrected chi connectivity index (χ1v) is 8.84. The summed E-state index contributed by atoms with van der Waals surface area (Å²) >= 11 is 0. The van der Waals surface area contributed by atoms with Crippen LogP contribution < -0.4 is 16.6 Å². The number of aromatic nitrogens is 3. The van der Waals surface area contributed by atoms with E-state index in [1.165, 1.54) is 43.4 Å². The molecule has 0 unspecified atom stereocenters. The van der Waals surface area contributed by atoms with E-state index in [2.05, 4.69) is 10.3 Å². The van der Waals surface area contributed by atoms with Gasteiger partial charge < -0.3 is 5.32 Å². The van der Waals surface area contributed by atoms with Crippen LogP contribution in [-0.4, -0.2) is 26.6 Å². The summed E-state index contributed by atoms with van der Waals surface area (Å²) in [6.45, 7) is 0.616. The van der Waals surface area contributed by atoms with Crippen molar-refractivity contribution in [1.82, 2.24) is 19.4 Å². The second-order valence-electron chi connectivity index (χ2n) is 6.82. The molecule has 2 aromatic heterocycles. The van der Waals surface area contributed by atoms with E-state index < -0.39 is 11.2 Å². The summed E-state index contributed by atoms with van der Waals surface area (Å²) in [4.78, 5) is 40.7. The molecule has 0 radical (unpaired) electrons. The number of aryl methyl sites for hydroxylation is 1. The molecule has 0 aliphatic heterocycles. The Morgan fingerprint density at radius 3 is 2.64 bits per heavy atom. The lowest BCUT2D eigenvalue weighted by Crippen LogP contribution is -2.37. The molecular weight excluding hydrogens is 320 g/mol. The van der Waals surface area contributed by atoms with Crippen LogP contribution in [0.25, 0.3) is 11.0 Å². The lowest BCUT2D eigenvalue weighted by molar-refractivity contribution is 0.0947. The molecule has 1 aliphatic rings. The van der Waals surface area contributed by atoms with E-state index >= 15 is 0 Å². The maximum atomic E-state index is 12.3. The quantitative estimate of drug-likeness (QED) is 0.829. The summed E-state index contributed by atoms with van der Waals surface area (Å²) in [6, 6.07) is 3.08. The Morgan fingerprint density at radius 1 is 1.20 bits per heavy atom. The van der Waals surface area contributed by atoms with Gasteiger partial charge in [0.1, 0.15) is 11.3 Å². The van der Waals surface area contributed by atoms with E-state index in [0.717, 1.165) is 23.3 Å². The van der Waals surface area contributed by atoms with Crippen molar-refractivity contribution in [2.24, 2.45) is 20.0 Å². The Balaban J connectivity index is 1.71. The van der Waals surface area contributed by atoms with Gasteiger partial charge in [-0.3, -0.25) is 18.7 Å². The van der Waals surface area contributed by atoms with Crippen molar-refractivity contribution < 1.29 is 4.79 Å². The predicted molar refractivity (Wildman–Crippen MR) is 95.8 cm³/mol. The summed E-state index contributed by atoms with van der Waals surface area (Å²) in [6.07, 6.45) is 7.39. The van der Waals surface area contributed by atoms with Crippen molar-refractivity contribution in [3.63, 3.8) is 0 Å². The number of pyridine rings is 1. The van der Waals surface area contributed by atoms with Crippen molar-refractivity contribution in [2.75, 3.05) is 6.54 Å². The number of hydrogen-bond donors (Lipinski definition) is 1. The standard InChI is InChI=1S/C18H24N4O3/c1-21-15-13(17(24)22(2)18(21)25)9-10-14(20-15)16(23)19-11-5-8-12-6-3-4-7-12/h9-10,12H,3-8,11H2,1-2H3,(H,19,23). The van der Waals surface area contributed by atoms with Gasteiger partial charge in [0.15, 0.2) is 0 Å². The molecule has 0 bridgehead atoms. The third-order valence-corrected chi connectivity index (χ3v) is 5.08. The summed E-state index contributed by atoms with van der Waals surface area (Å²) in [5.41, 5.74) is -0.420. The van der Waals surface area contributed by atoms with Crippen LogP contribution in [0.1, 0.15) is 49.0 Å². The zero-order valence-electron chi connectivity index (χ0n) is 14.7. The van der Waals surface area contributed by atoms with Gasteiger partial charge in [-0.05, 0) is 30.9 Å². The van der Waals surface area contributed by atoms with Crippen molar-refractivity contribution in [2.45, 2.75) is 38.5 Å². The van der Waals surface area contributed by atoms with Crippen LogP contribution in [0.2, 0.25) is 0 Å². The van der Waals surface area contributed by atoms with Gasteiger partial charge in [-0.1, -0.05) is 25.7 Å². The van der Waals surface area contributed by atoms with Crippen LogP contribution in [0, 0.1) is 5.92 Å². The van der Waals surface area contributed by atoms with E-state index in [-0.39, 0.29) is 17.2 Å². The van der Waals surface area contributed by atoms with Crippen molar-refractivity contribution in [3.05, 3.63) is 38.7 Å². The molecule has 0 spiro atoms. The third kappa shape index (κ3) is 3.50. The molecule has 1 saturated carbocycles. The summed E-state index contributed by atoms with van der Waals surface area (Å²) in [7, 11) is 2.97. The lowest BCUT2D eigenvalue weighted by Gasteiger charge is -2.10. The molecular formula is C18H24N4O3. The third-order valence-electron chi connectivity index (χ3n) is 5.08. The van der Waals surface area contributed by atoms with Crippen molar-refractivity contribution in [3.8, 4) is 0 Å². The first kappa shape index (κ1) is 17.4. The number of nitrogens with zero attached hydrogens (tertiary/aromatic N) is 3. The van der Waals surface area contributed by atoms with Gasteiger partial charge in [-0.25, -0.2) is 9.78 Å². The highest BCUT2D eigenvalue weighted by atomic mass is 16.2. The summed E-state index contributed by atoms with van der Waals surface area (Å²) in [5.74, 6) is 0.530. The second-order valence-corrected chi connectivity index (χ2v) is 6.82. The van der Waals surface area contributed by atoms with Crippen molar-refractivity contribution >= 4 is 16.9 Å². The molecule has 1 N–H and O–H groups in total. The molecule has 7 heteroatoms. The Hall–Kier alpha value is -2.44. The van der Waals surface area contributed by atoms with Crippen LogP contribution in [-0.2, 0) is 14.1 Å². The van der Waals surface area contributed by atoms with E-state index in [1.54, 1.807) is 13.1 Å². The number of carbonyl (C=O) groups is 1. The summed E-state index contributed by atoms with van der Waals surface area (Å²) < 4.78 is 2.32. The number of amides is 1. The fraction of sp³-hybridized carbons (Fsp3) is 0.556. The van der Waals surface area contributed by atoms with Gasteiger partial charge in [0.05, 0.1) is 5.39 Å². The number of fused-ring (bicyclic) bond motifs is 1. The van der Waals surface area contributed by atoms with Gasteiger partial charge >= 0.3 is 5.69 Å². The van der Waals surface area contributed by atoms with Gasteiger partial charge in [-0.2, -0.15) is 0 Å². The minimum Gasteiger partial charge on any atom is -0.351 e. The molecule has 0 saturated heterocycles. The van der Waals surface area contributed by atoms with Crippen LogP contribution in [0.4, 0.5) is 0 Å². The molecule has 134 valence electrons. The van der Waals surface area contributed by atoms with Gasteiger partial charge in [-0.15, -0.1) is 0 Å². The van der Waals surface area contributed by atoms with Crippen LogP contribution >= 0.6 is 0 Å². The highest BCUT2D eigenvalue weighted by Crippen LogP contribution is 2.28. The average molecular weight is 344 g/mol. The Labute approximate surface area is 145 Å². The molecule has 2 heterocycles. The monoisotopic (exact) mass is 344 g/mol. The maximum absolute atomic E-state index is 12.3. The van der Waals surface area contributed by atoms with Gasteiger partial charge in [0.2, 0.25) is 0 Å². The molecule has 7 nitrogen and oxygen atoms in total. The SMILES string of the molecule is Cn1c(=O)c2ccc(C(=O)NCCCC3CCCC3)nc2n(C)c1=O. The lowest BCUT2D eigenvalue weighted by atomic mass is 10.0. The predicted octanol–water partition coefficient (Wildman–Crippen LogP) is 1.33. The largest absolute Gasteiger partial charge is 0.351 e. The zero-order chi connectivity index (χ0) is 18.0. The minimum atomic E-state index is -0.459. The molecule has 2 aromatic rings. The molecule has 1 fully saturated rings. The Kier molecular flexibility index (Phi) is 5.01. The Morgan fingerprint density at radius 2 is 1.92 bits per heavy atom. The molecule has 0 atom stereocenters. The first-order valence-electron chi connectivity index (χ1n) is 8.84. The number of nitrogens with one attached hydrogen (secondary N) is 1. The molecule has 3 rings (SSSR count). The van der Waals surface area contributed by atoms with Gasteiger partial charge in [0.25, 0.3) is 11.5 Å². The number of rotatable bonds is 5. The zero-order valence-corrected chi connectivity index (χ0v) is 14.7. The van der Waals surface area contributed by atoms with E-state index in [0.29, 0.717) is 11.9 Å². The molecule has 0 aromatic carbocycles. The number of hydrogen-bond acceptors (Lipinski definition) is 4. The fourth-order valence-corrected chi connectivity index (χ4v) is 3.56. The number of carbonyl (C=O) groups excluding carboxylic acids is 1. The average Bonchev–Trinajstić information content (AvgIpc) is 3.14. The molecule has 25 heavy (non-hydrogen) atoms. The van der Waals surface area contributed by atoms with E-state index in [1.807, 2.05) is 0 Å². The van der Waals surface area contributed by atoms with Crippen molar-refractivity contribution in [1.29, 1.82) is 0 Å². The van der Waals surface area contributed by atoms with Crippen LogP contribution in [0.15, 0.2) is 21.7 Å². The van der Waals surface area contributed by atoms with Crippen LogP contribution in [0.3, 0.4) is 0 Å². The minimum absolute atomic E-state index is 0.219. The Bertz CT molecular complexity index is 907. The van der Waals surface area contributed by atoms with Gasteiger partial charge in [0, 0.05) is 20.6 Å². The molecule has 1 amide bonds. The summed E-state index contributed by atoms with van der Waals surface area (Å²) in [5, 5.41) is 3.20. The normalized spacial score (nSPS) is 15.0. The van der Waals surface area contributed by atoms with E-state index in [9.17, 15) is 14.4 Å². The second kappa shape index (κ2) is 7.21. The maximum Gasteiger partial charge on any atom is 0.332 e.